The van der Waals surface area contributed by atoms with Gasteiger partial charge in [0, 0.05) is 17.2 Å². The van der Waals surface area contributed by atoms with Gasteiger partial charge in [0.25, 0.3) is 0 Å². The molecule has 1 aliphatic heterocycles. The Kier molecular flexibility index (Phi) is 4.80. The van der Waals surface area contributed by atoms with Crippen LogP contribution < -0.4 is 4.74 Å². The highest BCUT2D eigenvalue weighted by atomic mass is 16.5. The lowest BCUT2D eigenvalue weighted by molar-refractivity contribution is 0.189. The van der Waals surface area contributed by atoms with Crippen LogP contribution in [0.4, 0.5) is 0 Å². The molecule has 3 heterocycles. The van der Waals surface area contributed by atoms with Crippen molar-refractivity contribution in [3.8, 4) is 16.9 Å². The maximum atomic E-state index is 5.71. The predicted octanol–water partition coefficient (Wildman–Crippen LogP) is 4.37. The van der Waals surface area contributed by atoms with Crippen molar-refractivity contribution >= 4 is 0 Å². The Morgan fingerprint density at radius 3 is 2.81 bits per heavy atom. The molecular weight excluding hydrogens is 326 g/mol. The molecule has 0 saturated carbocycles. The summed E-state index contributed by atoms with van der Waals surface area (Å²) in [5.74, 6) is 3.42. The van der Waals surface area contributed by atoms with E-state index in [1.165, 1.54) is 11.3 Å². The van der Waals surface area contributed by atoms with Crippen LogP contribution in [0.25, 0.3) is 11.1 Å². The average molecular weight is 351 g/mol. The summed E-state index contributed by atoms with van der Waals surface area (Å²) in [6.07, 6.45) is 4.18. The first-order valence-corrected chi connectivity index (χ1v) is 9.18. The van der Waals surface area contributed by atoms with Gasteiger partial charge >= 0.3 is 0 Å². The van der Waals surface area contributed by atoms with Gasteiger partial charge in [0.2, 0.25) is 0 Å². The van der Waals surface area contributed by atoms with Crippen molar-refractivity contribution in [1.29, 1.82) is 0 Å². The molecule has 136 valence electrons. The molecule has 2 aromatic heterocycles. The standard InChI is InChI=1S/C21H25N3O2/c1-15-6-7-19(26-15)14-24-10-8-16(9-11-24)21-20(13-22-23-21)17-4-3-5-18(12-17)25-2/h3-7,12-13,16H,8-11,14H2,1-2H3,(H,22,23). The molecule has 5 nitrogen and oxygen atoms in total. The topological polar surface area (TPSA) is 54.3 Å². The van der Waals surface area contributed by atoms with Crippen molar-refractivity contribution in [2.45, 2.75) is 32.2 Å². The molecule has 0 amide bonds. The van der Waals surface area contributed by atoms with Gasteiger partial charge in [-0.2, -0.15) is 5.10 Å². The van der Waals surface area contributed by atoms with E-state index in [2.05, 4.69) is 33.3 Å². The largest absolute Gasteiger partial charge is 0.497 e. The molecule has 1 fully saturated rings. The maximum Gasteiger partial charge on any atom is 0.119 e. The van der Waals surface area contributed by atoms with Crippen LogP contribution in [0.3, 0.4) is 0 Å². The van der Waals surface area contributed by atoms with E-state index in [1.807, 2.05) is 31.3 Å². The normalized spacial score (nSPS) is 16.1. The van der Waals surface area contributed by atoms with Crippen molar-refractivity contribution in [2.24, 2.45) is 0 Å². The number of piperidine rings is 1. The molecule has 0 atom stereocenters. The van der Waals surface area contributed by atoms with Crippen LogP contribution in [0.15, 0.2) is 47.0 Å². The number of aromatic nitrogens is 2. The second-order valence-corrected chi connectivity index (χ2v) is 6.99. The van der Waals surface area contributed by atoms with Crippen LogP contribution >= 0.6 is 0 Å². The van der Waals surface area contributed by atoms with Crippen LogP contribution in [0.1, 0.15) is 36.0 Å². The summed E-state index contributed by atoms with van der Waals surface area (Å²) in [5, 5.41) is 7.58. The molecule has 0 unspecified atom stereocenters. The Hall–Kier alpha value is -2.53. The number of H-pyrrole nitrogens is 1. The summed E-state index contributed by atoms with van der Waals surface area (Å²) < 4.78 is 11.1. The molecule has 0 spiro atoms. The minimum absolute atomic E-state index is 0.508. The molecule has 0 radical (unpaired) electrons. The third-order valence-corrected chi connectivity index (χ3v) is 5.22. The molecular formula is C21H25N3O2. The molecule has 0 bridgehead atoms. The number of furan rings is 1. The van der Waals surface area contributed by atoms with E-state index in [4.69, 9.17) is 9.15 Å². The van der Waals surface area contributed by atoms with Gasteiger partial charge in [0.1, 0.15) is 17.3 Å². The van der Waals surface area contributed by atoms with Crippen molar-refractivity contribution in [1.82, 2.24) is 15.1 Å². The Labute approximate surface area is 154 Å². The van der Waals surface area contributed by atoms with Gasteiger partial charge in [-0.15, -0.1) is 0 Å². The number of rotatable bonds is 5. The van der Waals surface area contributed by atoms with E-state index < -0.39 is 0 Å². The first kappa shape index (κ1) is 16.9. The van der Waals surface area contributed by atoms with Crippen LogP contribution in [-0.4, -0.2) is 35.3 Å². The quantitative estimate of drug-likeness (QED) is 0.742. The van der Waals surface area contributed by atoms with Gasteiger partial charge in [-0.25, -0.2) is 0 Å². The minimum Gasteiger partial charge on any atom is -0.497 e. The predicted molar refractivity (Wildman–Crippen MR) is 101 cm³/mol. The number of hydrogen-bond donors (Lipinski definition) is 1. The molecule has 1 N–H and O–H groups in total. The number of benzene rings is 1. The monoisotopic (exact) mass is 351 g/mol. The highest BCUT2D eigenvalue weighted by Crippen LogP contribution is 2.35. The zero-order valence-corrected chi connectivity index (χ0v) is 15.4. The Morgan fingerprint density at radius 2 is 2.08 bits per heavy atom. The number of aromatic amines is 1. The van der Waals surface area contributed by atoms with Gasteiger partial charge in [0.05, 0.1) is 19.9 Å². The second-order valence-electron chi connectivity index (χ2n) is 6.99. The smallest absolute Gasteiger partial charge is 0.119 e. The third-order valence-electron chi connectivity index (χ3n) is 5.22. The van der Waals surface area contributed by atoms with Crippen molar-refractivity contribution in [3.05, 3.63) is 59.8 Å². The highest BCUT2D eigenvalue weighted by molar-refractivity contribution is 5.67. The van der Waals surface area contributed by atoms with Crippen molar-refractivity contribution < 1.29 is 9.15 Å². The minimum atomic E-state index is 0.508. The van der Waals surface area contributed by atoms with E-state index in [0.29, 0.717) is 5.92 Å². The number of methoxy groups -OCH3 is 1. The van der Waals surface area contributed by atoms with Crippen LogP contribution in [0.2, 0.25) is 0 Å². The fourth-order valence-corrected chi connectivity index (χ4v) is 3.80. The second kappa shape index (κ2) is 7.38. The first-order chi connectivity index (χ1) is 12.7. The van der Waals surface area contributed by atoms with Gasteiger partial charge in [-0.3, -0.25) is 10.00 Å². The van der Waals surface area contributed by atoms with E-state index in [1.54, 1.807) is 7.11 Å². The Morgan fingerprint density at radius 1 is 1.23 bits per heavy atom. The van der Waals surface area contributed by atoms with Crippen LogP contribution in [0, 0.1) is 6.92 Å². The summed E-state index contributed by atoms with van der Waals surface area (Å²) in [6.45, 7) is 5.03. The summed E-state index contributed by atoms with van der Waals surface area (Å²) in [6, 6.07) is 12.3. The zero-order chi connectivity index (χ0) is 17.9. The lowest BCUT2D eigenvalue weighted by Crippen LogP contribution is -2.32. The number of aryl methyl sites for hydroxylation is 1. The Balaban J connectivity index is 1.44. The maximum absolute atomic E-state index is 5.71. The number of ether oxygens (including phenoxy) is 1. The molecule has 3 aromatic rings. The first-order valence-electron chi connectivity index (χ1n) is 9.18. The highest BCUT2D eigenvalue weighted by Gasteiger charge is 2.25. The number of likely N-dealkylation sites (tertiary alicyclic amines) is 1. The van der Waals surface area contributed by atoms with Crippen molar-refractivity contribution in [3.63, 3.8) is 0 Å². The Bertz CT molecular complexity index is 860. The third kappa shape index (κ3) is 3.53. The lowest BCUT2D eigenvalue weighted by Gasteiger charge is -2.31. The number of hydrogen-bond acceptors (Lipinski definition) is 4. The molecule has 26 heavy (non-hydrogen) atoms. The molecule has 0 aliphatic carbocycles. The van der Waals surface area contributed by atoms with Crippen LogP contribution in [-0.2, 0) is 6.54 Å². The molecule has 5 heteroatoms. The van der Waals surface area contributed by atoms with Gasteiger partial charge in [0.15, 0.2) is 0 Å². The summed E-state index contributed by atoms with van der Waals surface area (Å²) >= 11 is 0. The van der Waals surface area contributed by atoms with Gasteiger partial charge in [-0.1, -0.05) is 12.1 Å². The van der Waals surface area contributed by atoms with E-state index in [-0.39, 0.29) is 0 Å². The van der Waals surface area contributed by atoms with Crippen LogP contribution in [0.5, 0.6) is 5.75 Å². The van der Waals surface area contributed by atoms with E-state index >= 15 is 0 Å². The van der Waals surface area contributed by atoms with E-state index in [9.17, 15) is 0 Å². The average Bonchev–Trinajstić information content (AvgIpc) is 3.32. The zero-order valence-electron chi connectivity index (χ0n) is 15.4. The lowest BCUT2D eigenvalue weighted by atomic mass is 9.89. The molecule has 1 aromatic carbocycles. The molecule has 1 aliphatic rings. The molecule has 1 saturated heterocycles. The van der Waals surface area contributed by atoms with Gasteiger partial charge < -0.3 is 9.15 Å². The fraction of sp³-hybridized carbons (Fsp3) is 0.381. The summed E-state index contributed by atoms with van der Waals surface area (Å²) in [7, 11) is 1.70. The van der Waals surface area contributed by atoms with E-state index in [0.717, 1.165) is 55.3 Å². The number of nitrogens with one attached hydrogen (secondary N) is 1. The summed E-state index contributed by atoms with van der Waals surface area (Å²) in [5.41, 5.74) is 3.58. The summed E-state index contributed by atoms with van der Waals surface area (Å²) in [4.78, 5) is 2.47. The van der Waals surface area contributed by atoms with Crippen molar-refractivity contribution in [2.75, 3.05) is 20.2 Å². The number of nitrogens with zero attached hydrogens (tertiary/aromatic N) is 2. The SMILES string of the molecule is COc1cccc(-c2cn[nH]c2C2CCN(Cc3ccc(C)o3)CC2)c1. The fourth-order valence-electron chi connectivity index (χ4n) is 3.80. The van der Waals surface area contributed by atoms with Gasteiger partial charge in [-0.05, 0) is 62.7 Å². The molecule has 4 rings (SSSR count).